The third kappa shape index (κ3) is 3.73. The number of nitrogens with zero attached hydrogens (tertiary/aromatic N) is 3. The molecule has 0 spiro atoms. The van der Waals surface area contributed by atoms with E-state index in [9.17, 15) is 9.18 Å². The van der Waals surface area contributed by atoms with Crippen molar-refractivity contribution in [1.29, 1.82) is 5.26 Å². The highest BCUT2D eigenvalue weighted by Gasteiger charge is 2.39. The fraction of sp³-hybridized carbons (Fsp3) is 0.421. The zero-order valence-corrected chi connectivity index (χ0v) is 16.0. The fourth-order valence-corrected chi connectivity index (χ4v) is 4.04. The maximum Gasteiger partial charge on any atom is 0.223 e. The standard InChI is InChI=1S/C19H19FN4O3S/c1-26-16-3-2-12(20)6-17(16)27-14-4-11(5-14)18(25)23-13-9-24(10-13)19-22-8-15(7-21)28-19/h2-3,6,8,11,13-14H,4-5,9-10H2,1H3,(H,23,25). The molecular weight excluding hydrogens is 383 g/mol. The highest BCUT2D eigenvalue weighted by atomic mass is 32.1. The molecule has 0 radical (unpaired) electrons. The fourth-order valence-electron chi connectivity index (χ4n) is 3.31. The Morgan fingerprint density at radius 2 is 2.18 bits per heavy atom. The average molecular weight is 402 g/mol. The van der Waals surface area contributed by atoms with Crippen LogP contribution in [0.4, 0.5) is 9.52 Å². The third-order valence-electron chi connectivity index (χ3n) is 4.99. The molecule has 146 valence electrons. The number of rotatable bonds is 6. The van der Waals surface area contributed by atoms with Gasteiger partial charge in [0.1, 0.15) is 22.9 Å². The van der Waals surface area contributed by atoms with Gasteiger partial charge in [0.25, 0.3) is 0 Å². The summed E-state index contributed by atoms with van der Waals surface area (Å²) < 4.78 is 24.4. The van der Waals surface area contributed by atoms with Crippen molar-refractivity contribution in [1.82, 2.24) is 10.3 Å². The van der Waals surface area contributed by atoms with Gasteiger partial charge in [-0.2, -0.15) is 5.26 Å². The van der Waals surface area contributed by atoms with E-state index in [0.717, 1.165) is 5.13 Å². The molecule has 1 amide bonds. The SMILES string of the molecule is COc1ccc(F)cc1OC1CC(C(=O)NC2CN(c3ncc(C#N)s3)C2)C1. The average Bonchev–Trinajstić information content (AvgIpc) is 3.09. The van der Waals surface area contributed by atoms with Gasteiger partial charge in [-0.25, -0.2) is 9.37 Å². The molecular formula is C19H19FN4O3S. The molecule has 4 rings (SSSR count). The molecule has 9 heteroatoms. The van der Waals surface area contributed by atoms with Gasteiger partial charge >= 0.3 is 0 Å². The van der Waals surface area contributed by atoms with E-state index in [1.165, 1.54) is 36.6 Å². The van der Waals surface area contributed by atoms with E-state index < -0.39 is 0 Å². The predicted octanol–water partition coefficient (Wildman–Crippen LogP) is 2.32. The van der Waals surface area contributed by atoms with Gasteiger partial charge in [-0.1, -0.05) is 11.3 Å². The number of amides is 1. The summed E-state index contributed by atoms with van der Waals surface area (Å²) in [6.45, 7) is 1.38. The van der Waals surface area contributed by atoms with Crippen molar-refractivity contribution in [3.05, 3.63) is 35.1 Å². The molecule has 1 aromatic carbocycles. The smallest absolute Gasteiger partial charge is 0.223 e. The number of methoxy groups -OCH3 is 1. The van der Waals surface area contributed by atoms with E-state index >= 15 is 0 Å². The van der Waals surface area contributed by atoms with E-state index in [4.69, 9.17) is 14.7 Å². The van der Waals surface area contributed by atoms with E-state index in [1.807, 2.05) is 4.90 Å². The molecule has 28 heavy (non-hydrogen) atoms. The van der Waals surface area contributed by atoms with Crippen molar-refractivity contribution in [3.63, 3.8) is 0 Å². The highest BCUT2D eigenvalue weighted by Crippen LogP contribution is 2.36. The molecule has 1 N–H and O–H groups in total. The van der Waals surface area contributed by atoms with Crippen LogP contribution in [0.3, 0.4) is 0 Å². The summed E-state index contributed by atoms with van der Waals surface area (Å²) in [5, 5.41) is 12.7. The van der Waals surface area contributed by atoms with Gasteiger partial charge in [0, 0.05) is 25.1 Å². The van der Waals surface area contributed by atoms with Crippen LogP contribution < -0.4 is 19.7 Å². The number of halogens is 1. The number of nitrogens with one attached hydrogen (secondary N) is 1. The lowest BCUT2D eigenvalue weighted by molar-refractivity contribution is -0.131. The lowest BCUT2D eigenvalue weighted by Crippen LogP contribution is -2.61. The molecule has 1 saturated carbocycles. The number of thiazole rings is 1. The highest BCUT2D eigenvalue weighted by molar-refractivity contribution is 7.16. The second kappa shape index (κ2) is 7.64. The van der Waals surface area contributed by atoms with Crippen molar-refractivity contribution in [3.8, 4) is 17.6 Å². The van der Waals surface area contributed by atoms with Crippen LogP contribution in [0.5, 0.6) is 11.5 Å². The predicted molar refractivity (Wildman–Crippen MR) is 101 cm³/mol. The summed E-state index contributed by atoms with van der Waals surface area (Å²) in [5.74, 6) is 0.379. The molecule has 1 saturated heterocycles. The van der Waals surface area contributed by atoms with Crippen LogP contribution in [0.15, 0.2) is 24.4 Å². The lowest BCUT2D eigenvalue weighted by Gasteiger charge is -2.41. The summed E-state index contributed by atoms with van der Waals surface area (Å²) >= 11 is 1.35. The number of ether oxygens (including phenoxy) is 2. The minimum atomic E-state index is -0.388. The van der Waals surface area contributed by atoms with Crippen LogP contribution in [0.25, 0.3) is 0 Å². The Morgan fingerprint density at radius 3 is 2.86 bits per heavy atom. The first-order chi connectivity index (χ1) is 13.6. The summed E-state index contributed by atoms with van der Waals surface area (Å²) in [4.78, 5) is 19.2. The Kier molecular flexibility index (Phi) is 5.05. The second-order valence-corrected chi connectivity index (χ2v) is 7.94. The zero-order chi connectivity index (χ0) is 19.7. The maximum absolute atomic E-state index is 13.4. The molecule has 2 aromatic rings. The molecule has 0 unspecified atom stereocenters. The quantitative estimate of drug-likeness (QED) is 0.798. The van der Waals surface area contributed by atoms with Crippen LogP contribution in [0, 0.1) is 23.1 Å². The maximum atomic E-state index is 13.4. The minimum absolute atomic E-state index is 0.0209. The molecule has 0 atom stereocenters. The van der Waals surface area contributed by atoms with E-state index in [1.54, 1.807) is 6.20 Å². The van der Waals surface area contributed by atoms with Crippen molar-refractivity contribution in [2.24, 2.45) is 5.92 Å². The van der Waals surface area contributed by atoms with E-state index in [-0.39, 0.29) is 29.8 Å². The molecule has 1 aliphatic carbocycles. The number of aromatic nitrogens is 1. The van der Waals surface area contributed by atoms with Crippen molar-refractivity contribution in [2.75, 3.05) is 25.1 Å². The molecule has 2 fully saturated rings. The number of carbonyl (C=O) groups is 1. The summed E-state index contributed by atoms with van der Waals surface area (Å²) in [5.41, 5.74) is 0. The third-order valence-corrected chi connectivity index (χ3v) is 5.95. The number of hydrogen-bond acceptors (Lipinski definition) is 7. The second-order valence-electron chi connectivity index (χ2n) is 6.93. The van der Waals surface area contributed by atoms with E-state index in [2.05, 4.69) is 16.4 Å². The van der Waals surface area contributed by atoms with Crippen LogP contribution >= 0.6 is 11.3 Å². The number of benzene rings is 1. The minimum Gasteiger partial charge on any atom is -0.493 e. The normalized spacial score (nSPS) is 21.2. The number of hydrogen-bond donors (Lipinski definition) is 1. The first-order valence-electron chi connectivity index (χ1n) is 8.97. The van der Waals surface area contributed by atoms with Gasteiger partial charge in [-0.05, 0) is 25.0 Å². The molecule has 2 aliphatic rings. The molecule has 2 heterocycles. The Balaban J connectivity index is 1.21. The molecule has 0 bridgehead atoms. The first kappa shape index (κ1) is 18.5. The van der Waals surface area contributed by atoms with Crippen molar-refractivity contribution in [2.45, 2.75) is 25.0 Å². The molecule has 1 aromatic heterocycles. The van der Waals surface area contributed by atoms with Crippen LogP contribution in [-0.2, 0) is 4.79 Å². The Hall–Kier alpha value is -2.86. The van der Waals surface area contributed by atoms with E-state index in [0.29, 0.717) is 42.3 Å². The summed E-state index contributed by atoms with van der Waals surface area (Å²) in [6, 6.07) is 6.30. The van der Waals surface area contributed by atoms with Gasteiger partial charge in [-0.15, -0.1) is 0 Å². The Labute approximate surface area is 165 Å². The molecule has 7 nitrogen and oxygen atoms in total. The zero-order valence-electron chi connectivity index (χ0n) is 15.2. The van der Waals surface area contributed by atoms with Gasteiger partial charge < -0.3 is 19.7 Å². The monoisotopic (exact) mass is 402 g/mol. The van der Waals surface area contributed by atoms with Gasteiger partial charge in [0.15, 0.2) is 16.6 Å². The summed E-state index contributed by atoms with van der Waals surface area (Å²) in [6.07, 6.45) is 2.64. The number of carbonyl (C=O) groups excluding carboxylic acids is 1. The van der Waals surface area contributed by atoms with Crippen LogP contribution in [0.2, 0.25) is 0 Å². The Bertz CT molecular complexity index is 916. The van der Waals surface area contributed by atoms with Crippen molar-refractivity contribution >= 4 is 22.4 Å². The number of nitriles is 1. The van der Waals surface area contributed by atoms with Gasteiger partial charge in [-0.3, -0.25) is 4.79 Å². The van der Waals surface area contributed by atoms with Gasteiger partial charge in [0.2, 0.25) is 5.91 Å². The van der Waals surface area contributed by atoms with Gasteiger partial charge in [0.05, 0.1) is 19.3 Å². The topological polar surface area (TPSA) is 87.5 Å². The Morgan fingerprint density at radius 1 is 1.39 bits per heavy atom. The first-order valence-corrected chi connectivity index (χ1v) is 9.79. The van der Waals surface area contributed by atoms with Crippen LogP contribution in [0.1, 0.15) is 17.7 Å². The number of anilines is 1. The molecule has 1 aliphatic heterocycles. The van der Waals surface area contributed by atoms with Crippen molar-refractivity contribution < 1.29 is 18.7 Å². The summed E-state index contributed by atoms with van der Waals surface area (Å²) in [7, 11) is 1.51. The lowest BCUT2D eigenvalue weighted by atomic mass is 9.81. The van der Waals surface area contributed by atoms with Crippen LogP contribution in [-0.4, -0.2) is 43.2 Å². The largest absolute Gasteiger partial charge is 0.493 e.